The molecule has 0 aromatic rings. The van der Waals surface area contributed by atoms with Crippen LogP contribution in [0.3, 0.4) is 0 Å². The largest absolute Gasteiger partial charge is 0.481 e. The van der Waals surface area contributed by atoms with Crippen molar-refractivity contribution in [1.29, 1.82) is 0 Å². The Morgan fingerprint density at radius 3 is 2.35 bits per heavy atom. The highest BCUT2D eigenvalue weighted by Gasteiger charge is 2.31. The number of hydrogen-bond acceptors (Lipinski definition) is 3. The van der Waals surface area contributed by atoms with Crippen molar-refractivity contribution in [1.82, 2.24) is 9.03 Å². The molecule has 1 rings (SSSR count). The third kappa shape index (κ3) is 4.17. The molecular weight excluding hydrogens is 258 g/mol. The van der Waals surface area contributed by atoms with E-state index in [1.54, 1.807) is 4.72 Å². The van der Waals surface area contributed by atoms with E-state index in [-0.39, 0.29) is 25.9 Å². The Balaban J connectivity index is 2.50. The van der Waals surface area contributed by atoms with E-state index in [4.69, 9.17) is 5.11 Å². The summed E-state index contributed by atoms with van der Waals surface area (Å²) in [5.74, 6) is -1.51. The molecule has 0 atom stereocenters. The van der Waals surface area contributed by atoms with Gasteiger partial charge in [0.2, 0.25) is 0 Å². The van der Waals surface area contributed by atoms with Crippen LogP contribution in [-0.4, -0.2) is 49.9 Å². The fourth-order valence-electron chi connectivity index (χ4n) is 1.60. The molecule has 1 aliphatic heterocycles. The lowest BCUT2D eigenvalue weighted by atomic mass is 9.99. The molecule has 0 bridgehead atoms. The van der Waals surface area contributed by atoms with E-state index in [2.05, 4.69) is 0 Å². The zero-order valence-corrected chi connectivity index (χ0v) is 9.79. The molecule has 1 heterocycles. The normalized spacial score (nSPS) is 19.7. The number of piperidine rings is 1. The third-order valence-corrected chi connectivity index (χ3v) is 4.14. The lowest BCUT2D eigenvalue weighted by Gasteiger charge is -2.29. The number of halogens is 2. The molecule has 2 N–H and O–H groups in total. The summed E-state index contributed by atoms with van der Waals surface area (Å²) in [5.41, 5.74) is 0. The molecule has 0 amide bonds. The summed E-state index contributed by atoms with van der Waals surface area (Å²) in [6.07, 6.45) is -2.35. The summed E-state index contributed by atoms with van der Waals surface area (Å²) in [6, 6.07) is 0. The number of rotatable bonds is 5. The van der Waals surface area contributed by atoms with Gasteiger partial charge in [-0.2, -0.15) is 17.4 Å². The zero-order chi connectivity index (χ0) is 13.1. The number of carboxylic acid groups (broad SMARTS) is 1. The van der Waals surface area contributed by atoms with E-state index < -0.39 is 35.1 Å². The predicted octanol–water partition coefficient (Wildman–Crippen LogP) is -0.118. The van der Waals surface area contributed by atoms with E-state index in [1.807, 2.05) is 0 Å². The van der Waals surface area contributed by atoms with Crippen LogP contribution in [0, 0.1) is 5.92 Å². The maximum Gasteiger partial charge on any atom is 0.306 e. The Bertz CT molecular complexity index is 366. The summed E-state index contributed by atoms with van der Waals surface area (Å²) in [7, 11) is -3.92. The first kappa shape index (κ1) is 14.3. The smallest absolute Gasteiger partial charge is 0.306 e. The van der Waals surface area contributed by atoms with Gasteiger partial charge in [-0.1, -0.05) is 0 Å². The Morgan fingerprint density at radius 1 is 1.41 bits per heavy atom. The zero-order valence-electron chi connectivity index (χ0n) is 8.97. The minimum absolute atomic E-state index is 0.0372. The second kappa shape index (κ2) is 5.69. The van der Waals surface area contributed by atoms with Crippen LogP contribution in [0.1, 0.15) is 12.8 Å². The summed E-state index contributed by atoms with van der Waals surface area (Å²) >= 11 is 0. The Labute approximate surface area is 97.8 Å². The van der Waals surface area contributed by atoms with Crippen molar-refractivity contribution in [2.24, 2.45) is 5.92 Å². The van der Waals surface area contributed by atoms with Crippen molar-refractivity contribution in [3.05, 3.63) is 0 Å². The molecule has 0 radical (unpaired) electrons. The van der Waals surface area contributed by atoms with E-state index in [9.17, 15) is 22.0 Å². The van der Waals surface area contributed by atoms with Crippen LogP contribution in [0.2, 0.25) is 0 Å². The van der Waals surface area contributed by atoms with Crippen molar-refractivity contribution >= 4 is 16.2 Å². The number of carbonyl (C=O) groups is 1. The second-order valence-corrected chi connectivity index (χ2v) is 5.51. The van der Waals surface area contributed by atoms with Crippen molar-refractivity contribution in [2.75, 3.05) is 19.6 Å². The van der Waals surface area contributed by atoms with Gasteiger partial charge >= 0.3 is 5.97 Å². The molecule has 17 heavy (non-hydrogen) atoms. The average molecular weight is 272 g/mol. The molecule has 1 saturated heterocycles. The summed E-state index contributed by atoms with van der Waals surface area (Å²) < 4.78 is 49.5. The van der Waals surface area contributed by atoms with Crippen LogP contribution < -0.4 is 4.72 Å². The van der Waals surface area contributed by atoms with Gasteiger partial charge in [-0.15, -0.1) is 0 Å². The molecule has 0 unspecified atom stereocenters. The van der Waals surface area contributed by atoms with Gasteiger partial charge in [-0.25, -0.2) is 8.78 Å². The van der Waals surface area contributed by atoms with Gasteiger partial charge in [-0.05, 0) is 12.8 Å². The van der Waals surface area contributed by atoms with Crippen LogP contribution in [0.15, 0.2) is 0 Å². The standard InChI is InChI=1S/C8H14F2N2O4S/c9-7(10)5-11-17(15,16)12-3-1-6(2-4-12)8(13)14/h6-7,11H,1-5H2,(H,13,14). The monoisotopic (exact) mass is 272 g/mol. The first-order valence-corrected chi connectivity index (χ1v) is 6.52. The van der Waals surface area contributed by atoms with E-state index in [0.717, 1.165) is 4.31 Å². The first-order chi connectivity index (χ1) is 7.83. The molecular formula is C8H14F2N2O4S. The van der Waals surface area contributed by atoms with Crippen molar-refractivity contribution in [2.45, 2.75) is 19.3 Å². The topological polar surface area (TPSA) is 86.7 Å². The average Bonchev–Trinajstić information content (AvgIpc) is 2.27. The van der Waals surface area contributed by atoms with Crippen LogP contribution in [0.5, 0.6) is 0 Å². The highest BCUT2D eigenvalue weighted by atomic mass is 32.2. The molecule has 6 nitrogen and oxygen atoms in total. The molecule has 0 saturated carbocycles. The molecule has 0 spiro atoms. The number of aliphatic carboxylic acids is 1. The van der Waals surface area contributed by atoms with Gasteiger partial charge in [0, 0.05) is 13.1 Å². The van der Waals surface area contributed by atoms with Crippen LogP contribution in [0.25, 0.3) is 0 Å². The Morgan fingerprint density at radius 2 is 1.94 bits per heavy atom. The van der Waals surface area contributed by atoms with Gasteiger partial charge in [-0.3, -0.25) is 4.79 Å². The van der Waals surface area contributed by atoms with Gasteiger partial charge < -0.3 is 5.11 Å². The van der Waals surface area contributed by atoms with Crippen LogP contribution >= 0.6 is 0 Å². The maximum atomic E-state index is 11.9. The van der Waals surface area contributed by atoms with Gasteiger partial charge in [0.05, 0.1) is 12.5 Å². The van der Waals surface area contributed by atoms with Gasteiger partial charge in [0.25, 0.3) is 16.6 Å². The Hall–Kier alpha value is -0.800. The van der Waals surface area contributed by atoms with E-state index in [1.165, 1.54) is 0 Å². The highest BCUT2D eigenvalue weighted by molar-refractivity contribution is 7.87. The molecule has 100 valence electrons. The van der Waals surface area contributed by atoms with Crippen LogP contribution in [0.4, 0.5) is 8.78 Å². The first-order valence-electron chi connectivity index (χ1n) is 5.08. The number of hydrogen-bond donors (Lipinski definition) is 2. The lowest BCUT2D eigenvalue weighted by molar-refractivity contribution is -0.142. The summed E-state index contributed by atoms with van der Waals surface area (Å²) in [6.45, 7) is -0.855. The molecule has 1 aliphatic rings. The second-order valence-electron chi connectivity index (χ2n) is 3.76. The van der Waals surface area contributed by atoms with Crippen molar-refractivity contribution in [3.8, 4) is 0 Å². The molecule has 0 aliphatic carbocycles. The number of alkyl halides is 2. The molecule has 9 heteroatoms. The quantitative estimate of drug-likeness (QED) is 0.730. The molecule has 0 aromatic carbocycles. The van der Waals surface area contributed by atoms with Gasteiger partial charge in [0.15, 0.2) is 0 Å². The van der Waals surface area contributed by atoms with Crippen LogP contribution in [-0.2, 0) is 15.0 Å². The SMILES string of the molecule is O=C(O)C1CCN(S(=O)(=O)NCC(F)F)CC1. The van der Waals surface area contributed by atoms with Crippen molar-refractivity contribution in [3.63, 3.8) is 0 Å². The number of nitrogens with one attached hydrogen (secondary N) is 1. The summed E-state index contributed by atoms with van der Waals surface area (Å²) in [5, 5.41) is 8.72. The minimum Gasteiger partial charge on any atom is -0.481 e. The highest BCUT2D eigenvalue weighted by Crippen LogP contribution is 2.19. The van der Waals surface area contributed by atoms with E-state index >= 15 is 0 Å². The fraction of sp³-hybridized carbons (Fsp3) is 0.875. The number of nitrogens with zero attached hydrogens (tertiary/aromatic N) is 1. The van der Waals surface area contributed by atoms with E-state index in [0.29, 0.717) is 0 Å². The summed E-state index contributed by atoms with van der Waals surface area (Å²) in [4.78, 5) is 10.6. The lowest BCUT2D eigenvalue weighted by Crippen LogP contribution is -2.46. The maximum absolute atomic E-state index is 11.9. The number of carboxylic acids is 1. The van der Waals surface area contributed by atoms with Crippen molar-refractivity contribution < 1.29 is 27.1 Å². The van der Waals surface area contributed by atoms with Gasteiger partial charge in [0.1, 0.15) is 0 Å². The molecule has 0 aromatic heterocycles. The third-order valence-electron chi connectivity index (χ3n) is 2.56. The predicted molar refractivity (Wildman–Crippen MR) is 54.9 cm³/mol. The Kier molecular flexibility index (Phi) is 4.78. The fourth-order valence-corrected chi connectivity index (χ4v) is 2.81. The minimum atomic E-state index is -3.92. The molecule has 1 fully saturated rings.